The molecular formula is C20H25NO3. The van der Waals surface area contributed by atoms with E-state index >= 15 is 0 Å². The second kappa shape index (κ2) is 8.96. The van der Waals surface area contributed by atoms with Gasteiger partial charge in [-0.2, -0.15) is 0 Å². The lowest BCUT2D eigenvalue weighted by Crippen LogP contribution is -2.27. The lowest BCUT2D eigenvalue weighted by Gasteiger charge is -2.13. The molecule has 0 bridgehead atoms. The van der Waals surface area contributed by atoms with Gasteiger partial charge in [-0.05, 0) is 35.6 Å². The van der Waals surface area contributed by atoms with Gasteiger partial charge in [0.1, 0.15) is 11.5 Å². The van der Waals surface area contributed by atoms with Crippen molar-refractivity contribution in [3.63, 3.8) is 0 Å². The molecule has 1 N–H and O–H groups in total. The fourth-order valence-corrected chi connectivity index (χ4v) is 2.52. The zero-order valence-electron chi connectivity index (χ0n) is 14.5. The van der Waals surface area contributed by atoms with Crippen molar-refractivity contribution in [2.45, 2.75) is 25.7 Å². The van der Waals surface area contributed by atoms with Gasteiger partial charge in [-0.15, -0.1) is 0 Å². The molecule has 4 nitrogen and oxygen atoms in total. The van der Waals surface area contributed by atoms with Crippen molar-refractivity contribution in [2.75, 3.05) is 20.8 Å². The van der Waals surface area contributed by atoms with Gasteiger partial charge in [-0.25, -0.2) is 0 Å². The Kier molecular flexibility index (Phi) is 6.67. The van der Waals surface area contributed by atoms with E-state index in [0.717, 1.165) is 17.1 Å². The van der Waals surface area contributed by atoms with Crippen molar-refractivity contribution in [1.82, 2.24) is 5.32 Å². The molecule has 1 unspecified atom stereocenters. The predicted octanol–water partition coefficient (Wildman–Crippen LogP) is 3.56. The van der Waals surface area contributed by atoms with Gasteiger partial charge < -0.3 is 14.8 Å². The van der Waals surface area contributed by atoms with Gasteiger partial charge in [0.15, 0.2) is 0 Å². The fourth-order valence-electron chi connectivity index (χ4n) is 2.52. The normalized spacial score (nSPS) is 11.6. The molecule has 24 heavy (non-hydrogen) atoms. The SMILES string of the molecule is COc1cc(CCC(=O)NCC(C)c2ccccc2)cc(OC)c1. The molecule has 128 valence electrons. The van der Waals surface area contributed by atoms with Gasteiger partial charge in [-0.3, -0.25) is 4.79 Å². The number of methoxy groups -OCH3 is 2. The summed E-state index contributed by atoms with van der Waals surface area (Å²) in [5.74, 6) is 1.83. The van der Waals surface area contributed by atoms with Crippen LogP contribution < -0.4 is 14.8 Å². The van der Waals surface area contributed by atoms with E-state index in [2.05, 4.69) is 24.4 Å². The van der Waals surface area contributed by atoms with Crippen molar-refractivity contribution in [2.24, 2.45) is 0 Å². The largest absolute Gasteiger partial charge is 0.497 e. The van der Waals surface area contributed by atoms with Crippen LogP contribution in [0.5, 0.6) is 11.5 Å². The van der Waals surface area contributed by atoms with E-state index in [1.165, 1.54) is 5.56 Å². The highest BCUT2D eigenvalue weighted by Crippen LogP contribution is 2.23. The second-order valence-electron chi connectivity index (χ2n) is 5.84. The zero-order chi connectivity index (χ0) is 17.4. The number of carbonyl (C=O) groups is 1. The molecule has 0 spiro atoms. The van der Waals surface area contributed by atoms with Gasteiger partial charge in [0.25, 0.3) is 0 Å². The fraction of sp³-hybridized carbons (Fsp3) is 0.350. The Morgan fingerprint density at radius 3 is 2.25 bits per heavy atom. The highest BCUT2D eigenvalue weighted by Gasteiger charge is 2.09. The van der Waals surface area contributed by atoms with Gasteiger partial charge in [0.05, 0.1) is 14.2 Å². The molecule has 0 aliphatic rings. The summed E-state index contributed by atoms with van der Waals surface area (Å²) in [6.07, 6.45) is 1.09. The van der Waals surface area contributed by atoms with Crippen molar-refractivity contribution in [3.8, 4) is 11.5 Å². The summed E-state index contributed by atoms with van der Waals surface area (Å²) in [6.45, 7) is 2.76. The third-order valence-electron chi connectivity index (χ3n) is 4.03. The number of benzene rings is 2. The van der Waals surface area contributed by atoms with Crippen LogP contribution in [-0.2, 0) is 11.2 Å². The van der Waals surface area contributed by atoms with E-state index in [4.69, 9.17) is 9.47 Å². The lowest BCUT2D eigenvalue weighted by molar-refractivity contribution is -0.121. The van der Waals surface area contributed by atoms with Crippen LogP contribution in [-0.4, -0.2) is 26.7 Å². The molecule has 0 radical (unpaired) electrons. The molecule has 2 rings (SSSR count). The van der Waals surface area contributed by atoms with Crippen LogP contribution in [0.25, 0.3) is 0 Å². The Bertz CT molecular complexity index is 633. The van der Waals surface area contributed by atoms with Gasteiger partial charge in [-0.1, -0.05) is 37.3 Å². The maximum absolute atomic E-state index is 12.1. The Balaban J connectivity index is 1.83. The second-order valence-corrected chi connectivity index (χ2v) is 5.84. The van der Waals surface area contributed by atoms with Gasteiger partial charge in [0.2, 0.25) is 5.91 Å². The molecule has 0 aliphatic heterocycles. The number of hydrogen-bond donors (Lipinski definition) is 1. The molecule has 2 aromatic carbocycles. The number of rotatable bonds is 8. The molecule has 1 atom stereocenters. The molecule has 0 saturated carbocycles. The summed E-state index contributed by atoms with van der Waals surface area (Å²) >= 11 is 0. The van der Waals surface area contributed by atoms with E-state index in [-0.39, 0.29) is 5.91 Å². The van der Waals surface area contributed by atoms with Crippen LogP contribution >= 0.6 is 0 Å². The zero-order valence-corrected chi connectivity index (χ0v) is 14.5. The molecule has 4 heteroatoms. The maximum Gasteiger partial charge on any atom is 0.220 e. The van der Waals surface area contributed by atoms with Crippen molar-refractivity contribution < 1.29 is 14.3 Å². The lowest BCUT2D eigenvalue weighted by atomic mass is 10.0. The first-order valence-electron chi connectivity index (χ1n) is 8.16. The predicted molar refractivity (Wildman–Crippen MR) is 95.7 cm³/mol. The third kappa shape index (κ3) is 5.30. The molecule has 0 fully saturated rings. The minimum Gasteiger partial charge on any atom is -0.497 e. The van der Waals surface area contributed by atoms with Crippen LogP contribution in [0, 0.1) is 0 Å². The number of nitrogens with one attached hydrogen (secondary N) is 1. The van der Waals surface area contributed by atoms with E-state index in [0.29, 0.717) is 25.3 Å². The highest BCUT2D eigenvalue weighted by molar-refractivity contribution is 5.76. The van der Waals surface area contributed by atoms with Crippen LogP contribution in [0.3, 0.4) is 0 Å². The van der Waals surface area contributed by atoms with Crippen LogP contribution in [0.2, 0.25) is 0 Å². The summed E-state index contributed by atoms with van der Waals surface area (Å²) in [5.41, 5.74) is 2.26. The Hall–Kier alpha value is -2.49. The Labute approximate surface area is 143 Å². The Morgan fingerprint density at radius 2 is 1.67 bits per heavy atom. The summed E-state index contributed by atoms with van der Waals surface area (Å²) in [4.78, 5) is 12.1. The molecule has 0 saturated heterocycles. The van der Waals surface area contributed by atoms with Crippen molar-refractivity contribution >= 4 is 5.91 Å². The smallest absolute Gasteiger partial charge is 0.220 e. The number of ether oxygens (including phenoxy) is 2. The van der Waals surface area contributed by atoms with Crippen LogP contribution in [0.15, 0.2) is 48.5 Å². The van der Waals surface area contributed by atoms with Gasteiger partial charge >= 0.3 is 0 Å². The molecule has 1 amide bonds. The van der Waals surface area contributed by atoms with Crippen LogP contribution in [0.4, 0.5) is 0 Å². The first kappa shape index (κ1) is 17.9. The average Bonchev–Trinajstić information content (AvgIpc) is 2.64. The standard InChI is InChI=1S/C20H25NO3/c1-15(17-7-5-4-6-8-17)14-21-20(22)10-9-16-11-18(23-2)13-19(12-16)24-3/h4-8,11-13,15H,9-10,14H2,1-3H3,(H,21,22). The van der Waals surface area contributed by atoms with E-state index in [1.54, 1.807) is 14.2 Å². The number of hydrogen-bond acceptors (Lipinski definition) is 3. The number of aryl methyl sites for hydroxylation is 1. The molecular weight excluding hydrogens is 302 g/mol. The van der Waals surface area contributed by atoms with Gasteiger partial charge in [0, 0.05) is 19.0 Å². The minimum absolute atomic E-state index is 0.0552. The van der Waals surface area contributed by atoms with E-state index in [9.17, 15) is 4.79 Å². The number of carbonyl (C=O) groups excluding carboxylic acids is 1. The van der Waals surface area contributed by atoms with Crippen LogP contribution in [0.1, 0.15) is 30.4 Å². The summed E-state index contributed by atoms with van der Waals surface area (Å²) in [5, 5.41) is 3.01. The molecule has 2 aromatic rings. The Morgan fingerprint density at radius 1 is 1.04 bits per heavy atom. The monoisotopic (exact) mass is 327 g/mol. The van der Waals surface area contributed by atoms with Crippen molar-refractivity contribution in [3.05, 3.63) is 59.7 Å². The summed E-state index contributed by atoms with van der Waals surface area (Å²) in [6, 6.07) is 15.9. The first-order chi connectivity index (χ1) is 11.6. The first-order valence-corrected chi connectivity index (χ1v) is 8.16. The molecule has 0 aliphatic carbocycles. The molecule has 0 heterocycles. The van der Waals surface area contributed by atoms with E-state index < -0.39 is 0 Å². The molecule has 0 aromatic heterocycles. The minimum atomic E-state index is 0.0552. The van der Waals surface area contributed by atoms with E-state index in [1.807, 2.05) is 36.4 Å². The summed E-state index contributed by atoms with van der Waals surface area (Å²) < 4.78 is 10.5. The quantitative estimate of drug-likeness (QED) is 0.806. The van der Waals surface area contributed by atoms with Crippen molar-refractivity contribution in [1.29, 1.82) is 0 Å². The summed E-state index contributed by atoms with van der Waals surface area (Å²) in [7, 11) is 3.24. The third-order valence-corrected chi connectivity index (χ3v) is 4.03. The highest BCUT2D eigenvalue weighted by atomic mass is 16.5. The topological polar surface area (TPSA) is 47.6 Å². The maximum atomic E-state index is 12.1. The number of amides is 1. The average molecular weight is 327 g/mol.